The second-order valence-corrected chi connectivity index (χ2v) is 11.6. The molecular formula is C26H28N2O5S2. The summed E-state index contributed by atoms with van der Waals surface area (Å²) < 4.78 is 4.97. The Morgan fingerprint density at radius 2 is 1.80 bits per heavy atom. The lowest BCUT2D eigenvalue weighted by Gasteiger charge is -2.20. The summed E-state index contributed by atoms with van der Waals surface area (Å²) in [7, 11) is 1.32. The molecular weight excluding hydrogens is 484 g/mol. The van der Waals surface area contributed by atoms with Gasteiger partial charge in [-0.1, -0.05) is 19.3 Å². The molecule has 2 fully saturated rings. The summed E-state index contributed by atoms with van der Waals surface area (Å²) in [4.78, 5) is 54.3. The number of rotatable bonds is 6. The van der Waals surface area contributed by atoms with Crippen molar-refractivity contribution in [2.24, 2.45) is 5.92 Å². The number of nitrogens with zero attached hydrogens (tertiary/aromatic N) is 1. The number of imide groups is 1. The van der Waals surface area contributed by atoms with E-state index in [1.165, 1.54) is 41.5 Å². The third-order valence-corrected chi connectivity index (χ3v) is 9.45. The van der Waals surface area contributed by atoms with Gasteiger partial charge in [0.25, 0.3) is 0 Å². The van der Waals surface area contributed by atoms with Gasteiger partial charge in [0.15, 0.2) is 0 Å². The van der Waals surface area contributed by atoms with Crippen molar-refractivity contribution in [1.29, 1.82) is 0 Å². The van der Waals surface area contributed by atoms with E-state index in [9.17, 15) is 19.2 Å². The number of methoxy groups -OCH3 is 1. The van der Waals surface area contributed by atoms with Crippen LogP contribution in [0.4, 0.5) is 10.7 Å². The highest BCUT2D eigenvalue weighted by atomic mass is 32.2. The summed E-state index contributed by atoms with van der Waals surface area (Å²) in [6.45, 7) is 0. The first-order chi connectivity index (χ1) is 17.0. The van der Waals surface area contributed by atoms with Crippen LogP contribution in [0.1, 0.15) is 65.7 Å². The summed E-state index contributed by atoms with van der Waals surface area (Å²) in [5.74, 6) is -0.948. The Labute approximate surface area is 212 Å². The normalized spacial score (nSPS) is 20.3. The highest BCUT2D eigenvalue weighted by molar-refractivity contribution is 8.00. The van der Waals surface area contributed by atoms with E-state index in [1.807, 2.05) is 24.3 Å². The smallest absolute Gasteiger partial charge is 0.341 e. The number of benzene rings is 1. The minimum absolute atomic E-state index is 0.0709. The predicted octanol–water partition coefficient (Wildman–Crippen LogP) is 4.97. The maximum atomic E-state index is 13.3. The summed E-state index contributed by atoms with van der Waals surface area (Å²) in [6.07, 6.45) is 7.94. The molecule has 5 rings (SSSR count). The van der Waals surface area contributed by atoms with Crippen molar-refractivity contribution in [3.05, 3.63) is 40.3 Å². The fourth-order valence-electron chi connectivity index (χ4n) is 5.16. The van der Waals surface area contributed by atoms with Crippen LogP contribution in [0.5, 0.6) is 0 Å². The highest BCUT2D eigenvalue weighted by Crippen LogP contribution is 2.44. The van der Waals surface area contributed by atoms with Crippen LogP contribution in [0, 0.1) is 5.92 Å². The number of hydrogen-bond donors (Lipinski definition) is 1. The Morgan fingerprint density at radius 1 is 1.06 bits per heavy atom. The number of carbonyl (C=O) groups excluding carboxylic acids is 4. The van der Waals surface area contributed by atoms with Crippen LogP contribution < -0.4 is 10.2 Å². The molecule has 0 spiro atoms. The van der Waals surface area contributed by atoms with E-state index < -0.39 is 11.2 Å². The van der Waals surface area contributed by atoms with Crippen LogP contribution in [0.15, 0.2) is 29.2 Å². The first-order valence-electron chi connectivity index (χ1n) is 12.1. The standard InChI is InChI=1S/C26H28N2O5S2/c1-33-26(32)22-18-8-5-9-19(18)35-25(22)28-21(29)14-20(24(28)31)34-17-12-10-16(11-13-17)27-23(30)15-6-3-2-4-7-15/h10-13,15,20H,2-9,14H2,1H3,(H,27,30). The second kappa shape index (κ2) is 10.1. The van der Waals surface area contributed by atoms with Crippen molar-refractivity contribution in [3.63, 3.8) is 0 Å². The van der Waals surface area contributed by atoms with Gasteiger partial charge < -0.3 is 10.1 Å². The van der Waals surface area contributed by atoms with Crippen LogP contribution in [0.25, 0.3) is 0 Å². The molecule has 1 atom stereocenters. The van der Waals surface area contributed by atoms with Crippen molar-refractivity contribution in [1.82, 2.24) is 0 Å². The minimum Gasteiger partial charge on any atom is -0.465 e. The molecule has 2 aromatic rings. The number of fused-ring (bicyclic) bond motifs is 1. The summed E-state index contributed by atoms with van der Waals surface area (Å²) in [5.41, 5.74) is 2.02. The van der Waals surface area contributed by atoms with E-state index in [4.69, 9.17) is 4.74 Å². The van der Waals surface area contributed by atoms with Gasteiger partial charge in [0, 0.05) is 27.8 Å². The number of aryl methyl sites for hydroxylation is 1. The quantitative estimate of drug-likeness (QED) is 0.434. The molecule has 0 bridgehead atoms. The Balaban J connectivity index is 1.27. The van der Waals surface area contributed by atoms with E-state index in [0.29, 0.717) is 10.6 Å². The number of nitrogens with one attached hydrogen (secondary N) is 1. The molecule has 1 aliphatic heterocycles. The van der Waals surface area contributed by atoms with Crippen LogP contribution >= 0.6 is 23.1 Å². The summed E-state index contributed by atoms with van der Waals surface area (Å²) in [6, 6.07) is 7.39. The summed E-state index contributed by atoms with van der Waals surface area (Å²) in [5, 5.41) is 2.84. The van der Waals surface area contributed by atoms with Gasteiger partial charge in [-0.25, -0.2) is 9.69 Å². The molecule has 1 aromatic carbocycles. The molecule has 184 valence electrons. The van der Waals surface area contributed by atoms with Gasteiger partial charge in [-0.3, -0.25) is 14.4 Å². The number of hydrogen-bond acceptors (Lipinski definition) is 7. The average molecular weight is 513 g/mol. The van der Waals surface area contributed by atoms with E-state index in [1.54, 1.807) is 0 Å². The SMILES string of the molecule is COC(=O)c1c(N2C(=O)CC(Sc3ccc(NC(=O)C4CCCCC4)cc3)C2=O)sc2c1CCC2. The fourth-order valence-corrected chi connectivity index (χ4v) is 7.61. The van der Waals surface area contributed by atoms with Crippen LogP contribution in [0.3, 0.4) is 0 Å². The molecule has 2 heterocycles. The number of esters is 1. The van der Waals surface area contributed by atoms with Gasteiger partial charge in [0.1, 0.15) is 5.00 Å². The molecule has 3 amide bonds. The Kier molecular flexibility index (Phi) is 6.98. The van der Waals surface area contributed by atoms with Gasteiger partial charge in [-0.2, -0.15) is 0 Å². The second-order valence-electron chi connectivity index (χ2n) is 9.26. The van der Waals surface area contributed by atoms with Crippen molar-refractivity contribution in [3.8, 4) is 0 Å². The maximum Gasteiger partial charge on any atom is 0.341 e. The molecule has 9 heteroatoms. The molecule has 1 saturated carbocycles. The van der Waals surface area contributed by atoms with Crippen molar-refractivity contribution in [2.75, 3.05) is 17.3 Å². The van der Waals surface area contributed by atoms with E-state index in [2.05, 4.69) is 5.32 Å². The zero-order chi connectivity index (χ0) is 24.5. The summed E-state index contributed by atoms with van der Waals surface area (Å²) >= 11 is 2.69. The van der Waals surface area contributed by atoms with Gasteiger partial charge in [0.05, 0.1) is 17.9 Å². The van der Waals surface area contributed by atoms with Crippen molar-refractivity contribution < 1.29 is 23.9 Å². The molecule has 1 aromatic heterocycles. The lowest BCUT2D eigenvalue weighted by molar-refractivity contribution is -0.122. The minimum atomic E-state index is -0.562. The third-order valence-electron chi connectivity index (χ3n) is 6.98. The zero-order valence-corrected chi connectivity index (χ0v) is 21.3. The van der Waals surface area contributed by atoms with Gasteiger partial charge in [-0.05, 0) is 61.9 Å². The molecule has 7 nitrogen and oxygen atoms in total. The van der Waals surface area contributed by atoms with Crippen molar-refractivity contribution in [2.45, 2.75) is 67.9 Å². The van der Waals surface area contributed by atoms with Gasteiger partial charge in [-0.15, -0.1) is 23.1 Å². The largest absolute Gasteiger partial charge is 0.465 e. The number of thiophene rings is 1. The monoisotopic (exact) mass is 512 g/mol. The molecule has 0 radical (unpaired) electrons. The average Bonchev–Trinajstić information content (AvgIpc) is 3.53. The lowest BCUT2D eigenvalue weighted by Crippen LogP contribution is -2.31. The maximum absolute atomic E-state index is 13.3. The number of thioether (sulfide) groups is 1. The first-order valence-corrected chi connectivity index (χ1v) is 13.8. The third kappa shape index (κ3) is 4.76. The molecule has 3 aliphatic rings. The Bertz CT molecular complexity index is 1170. The van der Waals surface area contributed by atoms with Gasteiger partial charge in [0.2, 0.25) is 17.7 Å². The van der Waals surface area contributed by atoms with Crippen LogP contribution in [0.2, 0.25) is 0 Å². The van der Waals surface area contributed by atoms with E-state index in [0.717, 1.165) is 66.0 Å². The van der Waals surface area contributed by atoms with Crippen molar-refractivity contribution >= 4 is 57.5 Å². The Morgan fingerprint density at radius 3 is 2.51 bits per heavy atom. The lowest BCUT2D eigenvalue weighted by atomic mass is 9.88. The van der Waals surface area contributed by atoms with Gasteiger partial charge >= 0.3 is 5.97 Å². The number of carbonyl (C=O) groups is 4. The predicted molar refractivity (Wildman–Crippen MR) is 136 cm³/mol. The molecule has 1 saturated heterocycles. The molecule has 2 aliphatic carbocycles. The zero-order valence-electron chi connectivity index (χ0n) is 19.6. The Hall–Kier alpha value is -2.65. The molecule has 1 unspecified atom stereocenters. The van der Waals surface area contributed by atoms with E-state index in [-0.39, 0.29) is 30.1 Å². The highest BCUT2D eigenvalue weighted by Gasteiger charge is 2.44. The van der Waals surface area contributed by atoms with E-state index >= 15 is 0 Å². The molecule has 1 N–H and O–H groups in total. The molecule has 35 heavy (non-hydrogen) atoms. The number of amides is 3. The first kappa shape index (κ1) is 24.1. The number of ether oxygens (including phenoxy) is 1. The number of anilines is 2. The fraction of sp³-hybridized carbons (Fsp3) is 0.462. The van der Waals surface area contributed by atoms with Crippen LogP contribution in [-0.4, -0.2) is 36.1 Å². The topological polar surface area (TPSA) is 92.8 Å². The van der Waals surface area contributed by atoms with Crippen LogP contribution in [-0.2, 0) is 32.0 Å².